The third kappa shape index (κ3) is 5.23. The number of benzene rings is 3. The summed E-state index contributed by atoms with van der Waals surface area (Å²) in [6, 6.07) is 13.5. The van der Waals surface area contributed by atoms with Gasteiger partial charge in [0.2, 0.25) is 5.75 Å². The van der Waals surface area contributed by atoms with Crippen LogP contribution in [0.25, 0.3) is 6.08 Å². The van der Waals surface area contributed by atoms with Crippen LogP contribution in [0.1, 0.15) is 16.7 Å². The van der Waals surface area contributed by atoms with Gasteiger partial charge in [-0.25, -0.2) is 4.39 Å². The van der Waals surface area contributed by atoms with Crippen molar-refractivity contribution in [2.75, 3.05) is 0 Å². The number of amides is 2. The number of para-hydroxylation sites is 1. The lowest BCUT2D eigenvalue weighted by Crippen LogP contribution is -2.27. The highest BCUT2D eigenvalue weighted by Crippen LogP contribution is 2.40. The molecule has 0 aromatic heterocycles. The summed E-state index contributed by atoms with van der Waals surface area (Å²) in [5.41, 5.74) is -1.72. The molecule has 1 aliphatic rings. The first-order valence-electron chi connectivity index (χ1n) is 10.2. The molecule has 0 unspecified atom stereocenters. The van der Waals surface area contributed by atoms with E-state index in [9.17, 15) is 37.3 Å². The number of imide groups is 1. The molecule has 0 saturated carbocycles. The molecule has 2 amide bonds. The van der Waals surface area contributed by atoms with Crippen LogP contribution in [0.2, 0.25) is 0 Å². The summed E-state index contributed by atoms with van der Waals surface area (Å²) in [5.74, 6) is -1.69. The summed E-state index contributed by atoms with van der Waals surface area (Å²) in [6.07, 6.45) is -3.47. The lowest BCUT2D eigenvalue weighted by molar-refractivity contribution is -0.385. The number of halogens is 4. The fourth-order valence-electron chi connectivity index (χ4n) is 3.31. The smallest absolute Gasteiger partial charge is 0.416 e. The average molecular weight is 518 g/mol. The Morgan fingerprint density at radius 3 is 2.39 bits per heavy atom. The van der Waals surface area contributed by atoms with Gasteiger partial charge in [-0.3, -0.25) is 24.6 Å². The summed E-state index contributed by atoms with van der Waals surface area (Å²) in [7, 11) is 0. The maximum Gasteiger partial charge on any atom is 0.416 e. The van der Waals surface area contributed by atoms with E-state index in [1.54, 1.807) is 12.1 Å². The van der Waals surface area contributed by atoms with Crippen molar-refractivity contribution in [2.24, 2.45) is 0 Å². The molecule has 1 fully saturated rings. The monoisotopic (exact) mass is 518 g/mol. The Labute approximate surface area is 205 Å². The zero-order valence-corrected chi connectivity index (χ0v) is 18.8. The normalized spacial score (nSPS) is 15.0. The number of nitrogens with zero attached hydrogens (tertiary/aromatic N) is 2. The van der Waals surface area contributed by atoms with E-state index in [-0.39, 0.29) is 28.3 Å². The molecule has 1 aliphatic heterocycles. The average Bonchev–Trinajstić information content (AvgIpc) is 3.08. The standard InChI is InChI=1S/C24H14F4N2O5S/c25-17-7-3-1-6-15(17)13-29-22(31)21(36-23(29)32)11-14-5-2-4-8-19(14)35-20-10-9-16(24(26,27)28)12-18(20)30(33)34/h1-12H,13H2/b21-11+. The van der Waals surface area contributed by atoms with Crippen LogP contribution in [0.4, 0.5) is 28.0 Å². The molecule has 0 atom stereocenters. The Morgan fingerprint density at radius 1 is 1.00 bits per heavy atom. The Hall–Kier alpha value is -4.19. The summed E-state index contributed by atoms with van der Waals surface area (Å²) in [6.45, 7) is -0.273. The SMILES string of the molecule is O=C1S/C(=C/c2ccccc2Oc2ccc(C(F)(F)F)cc2[N+](=O)[O-])C(=O)N1Cc1ccccc1F. The fourth-order valence-corrected chi connectivity index (χ4v) is 4.14. The van der Waals surface area contributed by atoms with E-state index in [2.05, 4.69) is 0 Å². The molecule has 0 aliphatic carbocycles. The predicted molar refractivity (Wildman–Crippen MR) is 123 cm³/mol. The second-order valence-corrected chi connectivity index (χ2v) is 8.43. The minimum Gasteiger partial charge on any atom is -0.449 e. The van der Waals surface area contributed by atoms with Crippen molar-refractivity contribution >= 4 is 34.7 Å². The quantitative estimate of drug-likeness (QED) is 0.155. The third-order valence-corrected chi connectivity index (χ3v) is 5.98. The molecule has 7 nitrogen and oxygen atoms in total. The van der Waals surface area contributed by atoms with Gasteiger partial charge in [-0.1, -0.05) is 36.4 Å². The lowest BCUT2D eigenvalue weighted by atomic mass is 10.1. The van der Waals surface area contributed by atoms with E-state index in [0.717, 1.165) is 11.0 Å². The number of carbonyl (C=O) groups is 2. The van der Waals surface area contributed by atoms with Crippen molar-refractivity contribution in [3.8, 4) is 11.5 Å². The number of hydrogen-bond donors (Lipinski definition) is 0. The lowest BCUT2D eigenvalue weighted by Gasteiger charge is -2.13. The Kier molecular flexibility index (Phi) is 6.80. The molecule has 0 bridgehead atoms. The number of rotatable bonds is 6. The molecule has 0 radical (unpaired) electrons. The van der Waals surface area contributed by atoms with Gasteiger partial charge in [-0.05, 0) is 42.1 Å². The Bertz CT molecular complexity index is 1410. The number of thioether (sulfide) groups is 1. The van der Waals surface area contributed by atoms with Gasteiger partial charge in [-0.15, -0.1) is 0 Å². The highest BCUT2D eigenvalue weighted by Gasteiger charge is 2.36. The van der Waals surface area contributed by atoms with E-state index < -0.39 is 45.1 Å². The zero-order valence-electron chi connectivity index (χ0n) is 18.0. The van der Waals surface area contributed by atoms with Gasteiger partial charge >= 0.3 is 11.9 Å². The van der Waals surface area contributed by atoms with Gasteiger partial charge in [0.05, 0.1) is 21.9 Å². The molecule has 1 saturated heterocycles. The highest BCUT2D eigenvalue weighted by molar-refractivity contribution is 8.18. The van der Waals surface area contributed by atoms with Gasteiger partial charge in [0.1, 0.15) is 11.6 Å². The minimum atomic E-state index is -4.78. The largest absolute Gasteiger partial charge is 0.449 e. The molecule has 3 aromatic carbocycles. The Balaban J connectivity index is 1.63. The molecule has 1 heterocycles. The fraction of sp³-hybridized carbons (Fsp3) is 0.0833. The molecule has 0 spiro atoms. The van der Waals surface area contributed by atoms with Crippen LogP contribution in [-0.4, -0.2) is 21.0 Å². The van der Waals surface area contributed by atoms with Crippen molar-refractivity contribution in [3.05, 3.63) is 104 Å². The number of alkyl halides is 3. The van der Waals surface area contributed by atoms with Gasteiger partial charge < -0.3 is 4.74 Å². The van der Waals surface area contributed by atoms with Crippen LogP contribution >= 0.6 is 11.8 Å². The van der Waals surface area contributed by atoms with Crippen LogP contribution in [0.15, 0.2) is 71.6 Å². The first kappa shape index (κ1) is 24.9. The van der Waals surface area contributed by atoms with Crippen molar-refractivity contribution in [3.63, 3.8) is 0 Å². The second-order valence-electron chi connectivity index (χ2n) is 7.44. The zero-order chi connectivity index (χ0) is 26.0. The summed E-state index contributed by atoms with van der Waals surface area (Å²) < 4.78 is 58.5. The molecule has 36 heavy (non-hydrogen) atoms. The first-order chi connectivity index (χ1) is 17.0. The van der Waals surface area contributed by atoms with Crippen LogP contribution in [0.5, 0.6) is 11.5 Å². The van der Waals surface area contributed by atoms with E-state index in [4.69, 9.17) is 4.74 Å². The highest BCUT2D eigenvalue weighted by atomic mass is 32.2. The summed E-state index contributed by atoms with van der Waals surface area (Å²) in [4.78, 5) is 36.5. The molecule has 12 heteroatoms. The van der Waals surface area contributed by atoms with Crippen LogP contribution < -0.4 is 4.74 Å². The van der Waals surface area contributed by atoms with Crippen molar-refractivity contribution in [1.82, 2.24) is 4.90 Å². The minimum absolute atomic E-state index is 0.00117. The molecule has 184 valence electrons. The van der Waals surface area contributed by atoms with Crippen molar-refractivity contribution in [1.29, 1.82) is 0 Å². The van der Waals surface area contributed by atoms with Crippen molar-refractivity contribution < 1.29 is 36.8 Å². The van der Waals surface area contributed by atoms with Crippen molar-refractivity contribution in [2.45, 2.75) is 12.7 Å². The number of ether oxygens (including phenoxy) is 1. The van der Waals surface area contributed by atoms with E-state index in [1.807, 2.05) is 0 Å². The van der Waals surface area contributed by atoms with Crippen LogP contribution in [0, 0.1) is 15.9 Å². The van der Waals surface area contributed by atoms with Gasteiger partial charge in [0, 0.05) is 17.2 Å². The number of hydrogen-bond acceptors (Lipinski definition) is 6. The van der Waals surface area contributed by atoms with Crippen LogP contribution in [0.3, 0.4) is 0 Å². The molecular formula is C24H14F4N2O5S. The summed E-state index contributed by atoms with van der Waals surface area (Å²) in [5, 5.41) is 10.8. The Morgan fingerprint density at radius 2 is 1.69 bits per heavy atom. The van der Waals surface area contributed by atoms with Gasteiger partial charge in [-0.2, -0.15) is 13.2 Å². The summed E-state index contributed by atoms with van der Waals surface area (Å²) >= 11 is 0.617. The third-order valence-electron chi connectivity index (χ3n) is 5.07. The van der Waals surface area contributed by atoms with E-state index >= 15 is 0 Å². The molecule has 0 N–H and O–H groups in total. The molecule has 4 rings (SSSR count). The first-order valence-corrected chi connectivity index (χ1v) is 11.0. The maximum atomic E-state index is 14.0. The maximum absolute atomic E-state index is 14.0. The van der Waals surface area contributed by atoms with E-state index in [1.165, 1.54) is 42.5 Å². The number of nitro groups is 1. The predicted octanol–water partition coefficient (Wildman–Crippen LogP) is 6.78. The topological polar surface area (TPSA) is 89.7 Å². The molecule has 3 aromatic rings. The molecular weight excluding hydrogens is 504 g/mol. The van der Waals surface area contributed by atoms with Gasteiger partial charge in [0.25, 0.3) is 11.1 Å². The van der Waals surface area contributed by atoms with Crippen LogP contribution in [-0.2, 0) is 17.5 Å². The number of carbonyl (C=O) groups excluding carboxylic acids is 2. The number of nitro benzene ring substituents is 1. The van der Waals surface area contributed by atoms with Gasteiger partial charge in [0.15, 0.2) is 0 Å². The second kappa shape index (κ2) is 9.82. The van der Waals surface area contributed by atoms with E-state index in [0.29, 0.717) is 23.9 Å².